The van der Waals surface area contributed by atoms with Gasteiger partial charge in [0.1, 0.15) is 17.5 Å². The van der Waals surface area contributed by atoms with Crippen molar-refractivity contribution in [2.24, 2.45) is 5.92 Å². The molecule has 0 bridgehead atoms. The lowest BCUT2D eigenvalue weighted by Gasteiger charge is -2.20. The molecular weight excluding hydrogens is 216 g/mol. The molecule has 0 spiro atoms. The lowest BCUT2D eigenvalue weighted by Crippen LogP contribution is -2.27. The fourth-order valence-corrected chi connectivity index (χ4v) is 1.46. The fraction of sp³-hybridized carbons (Fsp3) is 0.667. The van der Waals surface area contributed by atoms with E-state index in [9.17, 15) is 0 Å². The van der Waals surface area contributed by atoms with E-state index < -0.39 is 0 Å². The molecule has 0 radical (unpaired) electrons. The summed E-state index contributed by atoms with van der Waals surface area (Å²) in [5.74, 6) is 2.14. The molecule has 4 N–H and O–H groups in total. The second kappa shape index (κ2) is 6.39. The highest BCUT2D eigenvalue weighted by molar-refractivity contribution is 5.45. The Labute approximate surface area is 102 Å². The van der Waals surface area contributed by atoms with Gasteiger partial charge in [0.15, 0.2) is 0 Å². The number of rotatable bonds is 6. The maximum Gasteiger partial charge on any atom is 0.133 e. The topological polar surface area (TPSA) is 84.1 Å². The summed E-state index contributed by atoms with van der Waals surface area (Å²) in [6.45, 7) is 6.22. The van der Waals surface area contributed by atoms with Crippen LogP contribution in [-0.4, -0.2) is 27.7 Å². The van der Waals surface area contributed by atoms with Gasteiger partial charge in [-0.2, -0.15) is 0 Å². The molecule has 0 amide bonds. The lowest BCUT2D eigenvalue weighted by molar-refractivity contribution is 0.226. The van der Waals surface area contributed by atoms with E-state index in [4.69, 9.17) is 10.8 Å². The summed E-state index contributed by atoms with van der Waals surface area (Å²) < 4.78 is 0. The highest BCUT2D eigenvalue weighted by Gasteiger charge is 2.12. The van der Waals surface area contributed by atoms with Crippen molar-refractivity contribution < 1.29 is 5.11 Å². The van der Waals surface area contributed by atoms with E-state index in [0.29, 0.717) is 5.82 Å². The molecule has 0 aliphatic rings. The molecule has 0 aliphatic carbocycles. The zero-order valence-corrected chi connectivity index (χ0v) is 10.8. The number of aromatic nitrogens is 2. The van der Waals surface area contributed by atoms with Crippen molar-refractivity contribution in [2.45, 2.75) is 39.7 Å². The van der Waals surface area contributed by atoms with Gasteiger partial charge in [-0.3, -0.25) is 0 Å². The van der Waals surface area contributed by atoms with Crippen molar-refractivity contribution in [3.63, 3.8) is 0 Å². The molecule has 0 fully saturated rings. The van der Waals surface area contributed by atoms with Gasteiger partial charge < -0.3 is 16.2 Å². The molecule has 0 saturated carbocycles. The number of nitrogens with one attached hydrogen (secondary N) is 1. The van der Waals surface area contributed by atoms with Crippen molar-refractivity contribution in [1.29, 1.82) is 0 Å². The van der Waals surface area contributed by atoms with Gasteiger partial charge in [0.25, 0.3) is 0 Å². The van der Waals surface area contributed by atoms with Crippen LogP contribution in [0.25, 0.3) is 0 Å². The molecule has 1 aromatic heterocycles. The summed E-state index contributed by atoms with van der Waals surface area (Å²) in [5, 5.41) is 12.3. The zero-order chi connectivity index (χ0) is 12.8. The number of nitrogens with zero attached hydrogens (tertiary/aromatic N) is 2. The molecule has 5 heteroatoms. The van der Waals surface area contributed by atoms with Gasteiger partial charge in [-0.15, -0.1) is 0 Å². The Balaban J connectivity index is 2.76. The molecule has 1 aromatic rings. The third-order valence-corrected chi connectivity index (χ3v) is 2.78. The van der Waals surface area contributed by atoms with Crippen molar-refractivity contribution >= 4 is 11.6 Å². The average molecular weight is 238 g/mol. The maximum absolute atomic E-state index is 9.08. The number of nitrogen functional groups attached to an aromatic ring is 1. The molecule has 96 valence electrons. The number of aliphatic hydroxyl groups excluding tert-OH is 1. The normalized spacial score (nSPS) is 14.4. The molecule has 5 nitrogen and oxygen atoms in total. The van der Waals surface area contributed by atoms with Crippen LogP contribution in [0, 0.1) is 5.92 Å². The third kappa shape index (κ3) is 4.19. The van der Waals surface area contributed by atoms with Crippen LogP contribution in [0.2, 0.25) is 0 Å². The van der Waals surface area contributed by atoms with E-state index >= 15 is 0 Å². The van der Waals surface area contributed by atoms with Crippen LogP contribution in [0.15, 0.2) is 6.07 Å². The van der Waals surface area contributed by atoms with Crippen LogP contribution >= 0.6 is 0 Å². The first-order valence-electron chi connectivity index (χ1n) is 6.07. The second-order valence-electron chi connectivity index (χ2n) is 4.44. The van der Waals surface area contributed by atoms with Gasteiger partial charge >= 0.3 is 0 Å². The van der Waals surface area contributed by atoms with Crippen molar-refractivity contribution in [3.05, 3.63) is 11.9 Å². The summed E-state index contributed by atoms with van der Waals surface area (Å²) in [6.07, 6.45) is 1.81. The van der Waals surface area contributed by atoms with E-state index in [0.717, 1.165) is 24.5 Å². The van der Waals surface area contributed by atoms with Gasteiger partial charge in [0, 0.05) is 25.1 Å². The number of hydrogen-bond acceptors (Lipinski definition) is 5. The Morgan fingerprint density at radius 2 is 2.12 bits per heavy atom. The van der Waals surface area contributed by atoms with Crippen LogP contribution in [0.3, 0.4) is 0 Å². The van der Waals surface area contributed by atoms with E-state index in [-0.39, 0.29) is 18.6 Å². The molecule has 0 aromatic carbocycles. The number of anilines is 2. The van der Waals surface area contributed by atoms with Crippen LogP contribution in [0.5, 0.6) is 0 Å². The van der Waals surface area contributed by atoms with Gasteiger partial charge in [0.05, 0.1) is 0 Å². The Morgan fingerprint density at radius 3 is 2.71 bits per heavy atom. The van der Waals surface area contributed by atoms with Crippen LogP contribution in [-0.2, 0) is 6.42 Å². The molecule has 2 atom stereocenters. The molecule has 0 aliphatic heterocycles. The van der Waals surface area contributed by atoms with E-state index in [1.54, 1.807) is 6.07 Å². The fourth-order valence-electron chi connectivity index (χ4n) is 1.46. The SMILES string of the molecule is CCCc1nc(N)cc(NC(C)C(C)CO)n1. The van der Waals surface area contributed by atoms with E-state index in [2.05, 4.69) is 22.2 Å². The minimum absolute atomic E-state index is 0.142. The molecule has 1 heterocycles. The molecular formula is C12H22N4O. The van der Waals surface area contributed by atoms with Crippen molar-refractivity contribution in [3.8, 4) is 0 Å². The standard InChI is InChI=1S/C12H22N4O/c1-4-5-11-15-10(13)6-12(16-11)14-9(3)8(2)7-17/h6,8-9,17H,4-5,7H2,1-3H3,(H3,13,14,15,16). The first-order valence-corrected chi connectivity index (χ1v) is 6.07. The predicted octanol–water partition coefficient (Wildman–Crippen LogP) is 1.44. The zero-order valence-electron chi connectivity index (χ0n) is 10.8. The largest absolute Gasteiger partial charge is 0.396 e. The van der Waals surface area contributed by atoms with Crippen LogP contribution in [0.4, 0.5) is 11.6 Å². The summed E-state index contributed by atoms with van der Waals surface area (Å²) in [7, 11) is 0. The molecule has 2 unspecified atom stereocenters. The van der Waals surface area contributed by atoms with Crippen LogP contribution < -0.4 is 11.1 Å². The van der Waals surface area contributed by atoms with Crippen molar-refractivity contribution in [1.82, 2.24) is 9.97 Å². The summed E-state index contributed by atoms with van der Waals surface area (Å²) in [4.78, 5) is 8.57. The Hall–Kier alpha value is -1.36. The second-order valence-corrected chi connectivity index (χ2v) is 4.44. The van der Waals surface area contributed by atoms with Gasteiger partial charge in [0.2, 0.25) is 0 Å². The Kier molecular flexibility index (Phi) is 5.15. The molecule has 17 heavy (non-hydrogen) atoms. The number of hydrogen-bond donors (Lipinski definition) is 3. The highest BCUT2D eigenvalue weighted by atomic mass is 16.3. The maximum atomic E-state index is 9.08. The number of nitrogens with two attached hydrogens (primary N) is 1. The minimum Gasteiger partial charge on any atom is -0.396 e. The average Bonchev–Trinajstić information content (AvgIpc) is 2.27. The monoisotopic (exact) mass is 238 g/mol. The Bertz CT molecular complexity index is 356. The number of aliphatic hydroxyl groups is 1. The first kappa shape index (κ1) is 13.7. The predicted molar refractivity (Wildman–Crippen MR) is 69.8 cm³/mol. The number of aryl methyl sites for hydroxylation is 1. The highest BCUT2D eigenvalue weighted by Crippen LogP contribution is 2.13. The van der Waals surface area contributed by atoms with Gasteiger partial charge in [-0.05, 0) is 19.3 Å². The first-order chi connectivity index (χ1) is 8.06. The van der Waals surface area contributed by atoms with Gasteiger partial charge in [-0.25, -0.2) is 9.97 Å². The summed E-state index contributed by atoms with van der Waals surface area (Å²) in [6, 6.07) is 1.86. The quantitative estimate of drug-likeness (QED) is 0.698. The van der Waals surface area contributed by atoms with Gasteiger partial charge in [-0.1, -0.05) is 13.8 Å². The lowest BCUT2D eigenvalue weighted by atomic mass is 10.1. The molecule has 0 saturated heterocycles. The smallest absolute Gasteiger partial charge is 0.133 e. The summed E-state index contributed by atoms with van der Waals surface area (Å²) in [5.41, 5.74) is 5.73. The molecule has 1 rings (SSSR count). The van der Waals surface area contributed by atoms with Crippen LogP contribution in [0.1, 0.15) is 33.0 Å². The Morgan fingerprint density at radius 1 is 1.41 bits per heavy atom. The van der Waals surface area contributed by atoms with E-state index in [1.807, 2.05) is 13.8 Å². The summed E-state index contributed by atoms with van der Waals surface area (Å²) >= 11 is 0. The van der Waals surface area contributed by atoms with E-state index in [1.165, 1.54) is 0 Å². The van der Waals surface area contributed by atoms with Crippen molar-refractivity contribution in [2.75, 3.05) is 17.7 Å². The third-order valence-electron chi connectivity index (χ3n) is 2.78. The minimum atomic E-state index is 0.142.